The number of nitrogens with zero attached hydrogens (tertiary/aromatic N) is 1. The maximum absolute atomic E-state index is 13.0. The van der Waals surface area contributed by atoms with Gasteiger partial charge in [-0.15, -0.1) is 0 Å². The first-order valence-corrected chi connectivity index (χ1v) is 4.09. The monoisotopic (exact) mass is 263 g/mol. The van der Waals surface area contributed by atoms with Gasteiger partial charge in [0.2, 0.25) is 5.82 Å². The molecule has 0 aliphatic heterocycles. The number of aromatic carboxylic acids is 1. The summed E-state index contributed by atoms with van der Waals surface area (Å²) in [5, 5.41) is 18.8. The number of hydrogen-bond donors (Lipinski definition) is 1. The van der Waals surface area contributed by atoms with Crippen molar-refractivity contribution in [3.05, 3.63) is 38.1 Å². The molecule has 0 aliphatic rings. The zero-order valence-electron chi connectivity index (χ0n) is 6.53. The molecule has 1 N–H and O–H groups in total. The van der Waals surface area contributed by atoms with Crippen LogP contribution in [0.3, 0.4) is 0 Å². The fraction of sp³-hybridized carbons (Fsp3) is 0. The summed E-state index contributed by atoms with van der Waals surface area (Å²) in [6, 6.07) is 1.58. The van der Waals surface area contributed by atoms with Crippen LogP contribution < -0.4 is 0 Å². The van der Waals surface area contributed by atoms with Gasteiger partial charge < -0.3 is 5.11 Å². The predicted octanol–water partition coefficient (Wildman–Crippen LogP) is 2.19. The number of rotatable bonds is 2. The molecule has 1 aromatic carbocycles. The van der Waals surface area contributed by atoms with Crippen LogP contribution in [-0.2, 0) is 0 Å². The minimum absolute atomic E-state index is 0.195. The van der Waals surface area contributed by atoms with Crippen molar-refractivity contribution in [1.82, 2.24) is 0 Å². The van der Waals surface area contributed by atoms with Crippen LogP contribution in [0.5, 0.6) is 0 Å². The minimum Gasteiger partial charge on any atom is -0.478 e. The summed E-state index contributed by atoms with van der Waals surface area (Å²) in [5.74, 6) is -2.53. The van der Waals surface area contributed by atoms with E-state index < -0.39 is 22.4 Å². The van der Waals surface area contributed by atoms with Gasteiger partial charge in [0, 0.05) is 0 Å². The molecule has 0 heterocycles. The van der Waals surface area contributed by atoms with Gasteiger partial charge >= 0.3 is 11.7 Å². The molecule has 0 unspecified atom stereocenters. The van der Waals surface area contributed by atoms with Crippen molar-refractivity contribution in [2.45, 2.75) is 0 Å². The molecule has 0 aromatic heterocycles. The zero-order valence-corrected chi connectivity index (χ0v) is 8.12. The first-order chi connectivity index (χ1) is 6.43. The SMILES string of the molecule is O=C(O)c1cc(F)c([N+](=O)[O-])c(Br)c1. The molecule has 0 fully saturated rings. The Morgan fingerprint density at radius 3 is 2.50 bits per heavy atom. The second-order valence-electron chi connectivity index (χ2n) is 2.35. The van der Waals surface area contributed by atoms with Crippen LogP contribution in [0, 0.1) is 15.9 Å². The van der Waals surface area contributed by atoms with Gasteiger partial charge in [-0.05, 0) is 28.1 Å². The van der Waals surface area contributed by atoms with Crippen LogP contribution >= 0.6 is 15.9 Å². The van der Waals surface area contributed by atoms with E-state index in [1.54, 1.807) is 0 Å². The van der Waals surface area contributed by atoms with E-state index in [4.69, 9.17) is 5.11 Å². The number of carboxylic acids is 1. The molecule has 0 saturated heterocycles. The third-order valence-corrected chi connectivity index (χ3v) is 2.05. The normalized spacial score (nSPS) is 9.86. The number of carbonyl (C=O) groups is 1. The summed E-state index contributed by atoms with van der Waals surface area (Å²) in [4.78, 5) is 19.8. The van der Waals surface area contributed by atoms with E-state index in [2.05, 4.69) is 15.9 Å². The van der Waals surface area contributed by atoms with E-state index in [-0.39, 0.29) is 10.0 Å². The van der Waals surface area contributed by atoms with Crippen LogP contribution in [-0.4, -0.2) is 16.0 Å². The van der Waals surface area contributed by atoms with E-state index in [1.165, 1.54) is 0 Å². The Bertz CT molecular complexity index is 397. The molecule has 0 saturated carbocycles. The summed E-state index contributed by atoms with van der Waals surface area (Å²) < 4.78 is 12.8. The molecule has 0 bridgehead atoms. The Kier molecular flexibility index (Phi) is 2.80. The largest absolute Gasteiger partial charge is 0.478 e. The average Bonchev–Trinajstić information content (AvgIpc) is 2.01. The highest BCUT2D eigenvalue weighted by atomic mass is 79.9. The molecule has 5 nitrogen and oxygen atoms in total. The molecule has 0 spiro atoms. The average molecular weight is 264 g/mol. The number of benzene rings is 1. The van der Waals surface area contributed by atoms with Crippen molar-refractivity contribution in [1.29, 1.82) is 0 Å². The van der Waals surface area contributed by atoms with Crippen LogP contribution in [0.15, 0.2) is 16.6 Å². The molecule has 1 aromatic rings. The van der Waals surface area contributed by atoms with Crippen LogP contribution in [0.25, 0.3) is 0 Å². The van der Waals surface area contributed by atoms with Crippen molar-refractivity contribution in [3.63, 3.8) is 0 Å². The van der Waals surface area contributed by atoms with Gasteiger partial charge in [-0.3, -0.25) is 10.1 Å². The van der Waals surface area contributed by atoms with Gasteiger partial charge in [0.05, 0.1) is 15.0 Å². The fourth-order valence-electron chi connectivity index (χ4n) is 0.863. The predicted molar refractivity (Wildman–Crippen MR) is 47.7 cm³/mol. The summed E-state index contributed by atoms with van der Waals surface area (Å²) >= 11 is 2.72. The Labute approximate surface area is 85.4 Å². The van der Waals surface area contributed by atoms with Gasteiger partial charge in [-0.1, -0.05) is 0 Å². The molecule has 0 radical (unpaired) electrons. The van der Waals surface area contributed by atoms with Gasteiger partial charge in [-0.25, -0.2) is 4.79 Å². The first-order valence-electron chi connectivity index (χ1n) is 3.30. The van der Waals surface area contributed by atoms with Crippen molar-refractivity contribution >= 4 is 27.6 Å². The highest BCUT2D eigenvalue weighted by Crippen LogP contribution is 2.29. The summed E-state index contributed by atoms with van der Waals surface area (Å²) in [7, 11) is 0. The molecule has 0 amide bonds. The number of nitro benzene ring substituents is 1. The third kappa shape index (κ3) is 1.87. The molecular weight excluding hydrogens is 261 g/mol. The number of halogens is 2. The lowest BCUT2D eigenvalue weighted by molar-refractivity contribution is -0.388. The number of hydrogen-bond acceptors (Lipinski definition) is 3. The Hall–Kier alpha value is -1.50. The van der Waals surface area contributed by atoms with Gasteiger partial charge in [0.15, 0.2) is 0 Å². The highest BCUT2D eigenvalue weighted by Gasteiger charge is 2.21. The lowest BCUT2D eigenvalue weighted by Crippen LogP contribution is -2.00. The lowest BCUT2D eigenvalue weighted by atomic mass is 10.2. The molecule has 74 valence electrons. The van der Waals surface area contributed by atoms with Crippen LogP contribution in [0.2, 0.25) is 0 Å². The van der Waals surface area contributed by atoms with Gasteiger partial charge in [0.25, 0.3) is 0 Å². The highest BCUT2D eigenvalue weighted by molar-refractivity contribution is 9.10. The molecule has 0 atom stereocenters. The third-order valence-electron chi connectivity index (χ3n) is 1.45. The summed E-state index contributed by atoms with van der Waals surface area (Å²) in [6.45, 7) is 0. The number of carboxylic acid groups (broad SMARTS) is 1. The molecule has 1 rings (SSSR count). The van der Waals surface area contributed by atoms with E-state index in [0.717, 1.165) is 6.07 Å². The molecule has 0 aliphatic carbocycles. The molecular formula is C7H3BrFNO4. The fourth-order valence-corrected chi connectivity index (χ4v) is 1.44. The zero-order chi connectivity index (χ0) is 10.9. The van der Waals surface area contributed by atoms with E-state index in [0.29, 0.717) is 6.07 Å². The summed E-state index contributed by atoms with van der Waals surface area (Å²) in [6.07, 6.45) is 0. The van der Waals surface area contributed by atoms with Crippen molar-refractivity contribution < 1.29 is 19.2 Å². The van der Waals surface area contributed by atoms with E-state index in [9.17, 15) is 19.3 Å². The Morgan fingerprint density at radius 2 is 2.14 bits per heavy atom. The Balaban J connectivity index is 3.39. The van der Waals surface area contributed by atoms with Crippen molar-refractivity contribution in [3.8, 4) is 0 Å². The van der Waals surface area contributed by atoms with Gasteiger partial charge in [-0.2, -0.15) is 4.39 Å². The lowest BCUT2D eigenvalue weighted by Gasteiger charge is -1.99. The molecule has 7 heteroatoms. The maximum atomic E-state index is 13.0. The van der Waals surface area contributed by atoms with Crippen LogP contribution in [0.1, 0.15) is 10.4 Å². The van der Waals surface area contributed by atoms with Crippen molar-refractivity contribution in [2.75, 3.05) is 0 Å². The standard InChI is InChI=1S/C7H3BrFNO4/c8-4-1-3(7(11)12)2-5(9)6(4)10(13)14/h1-2H,(H,11,12). The second-order valence-corrected chi connectivity index (χ2v) is 3.21. The first kappa shape index (κ1) is 10.6. The van der Waals surface area contributed by atoms with Crippen LogP contribution in [0.4, 0.5) is 10.1 Å². The summed E-state index contributed by atoms with van der Waals surface area (Å²) in [5.41, 5.74) is -1.12. The van der Waals surface area contributed by atoms with E-state index in [1.807, 2.05) is 0 Å². The topological polar surface area (TPSA) is 80.4 Å². The molecule has 14 heavy (non-hydrogen) atoms. The maximum Gasteiger partial charge on any atom is 0.335 e. The second kappa shape index (κ2) is 3.70. The van der Waals surface area contributed by atoms with Gasteiger partial charge in [0.1, 0.15) is 0 Å². The van der Waals surface area contributed by atoms with Crippen molar-refractivity contribution in [2.24, 2.45) is 0 Å². The smallest absolute Gasteiger partial charge is 0.335 e. The van der Waals surface area contributed by atoms with E-state index >= 15 is 0 Å². The quantitative estimate of drug-likeness (QED) is 0.655. The number of nitro groups is 1. The Morgan fingerprint density at radius 1 is 1.57 bits per heavy atom. The minimum atomic E-state index is -1.35.